The lowest BCUT2D eigenvalue weighted by Crippen LogP contribution is -2.43. The lowest BCUT2D eigenvalue weighted by molar-refractivity contribution is -0.134. The monoisotopic (exact) mass is 237 g/mol. The fourth-order valence-electron chi connectivity index (χ4n) is 2.14. The van der Waals surface area contributed by atoms with Crippen LogP contribution in [0.3, 0.4) is 0 Å². The van der Waals surface area contributed by atoms with Gasteiger partial charge in [-0.3, -0.25) is 4.79 Å². The van der Waals surface area contributed by atoms with Crippen molar-refractivity contribution in [1.29, 1.82) is 0 Å². The van der Waals surface area contributed by atoms with Gasteiger partial charge in [-0.05, 0) is 32.1 Å². The zero-order chi connectivity index (χ0) is 13.1. The summed E-state index contributed by atoms with van der Waals surface area (Å²) in [5.74, 6) is 0.279. The third-order valence-corrected chi connectivity index (χ3v) is 2.95. The molecule has 0 aromatic heterocycles. The predicted molar refractivity (Wildman–Crippen MR) is 74.9 cm³/mol. The van der Waals surface area contributed by atoms with Crippen LogP contribution in [0, 0.1) is 0 Å². The SMILES string of the molecule is C=CCCC(=O)N1CCCCC1CC=C.CC. The van der Waals surface area contributed by atoms with Crippen LogP contribution >= 0.6 is 0 Å². The first-order chi connectivity index (χ1) is 8.29. The average molecular weight is 237 g/mol. The van der Waals surface area contributed by atoms with E-state index in [1.54, 1.807) is 0 Å². The van der Waals surface area contributed by atoms with Crippen molar-refractivity contribution in [2.75, 3.05) is 6.54 Å². The van der Waals surface area contributed by atoms with Gasteiger partial charge in [0, 0.05) is 19.0 Å². The molecule has 2 nitrogen and oxygen atoms in total. The highest BCUT2D eigenvalue weighted by Crippen LogP contribution is 2.21. The van der Waals surface area contributed by atoms with Crippen LogP contribution in [-0.2, 0) is 4.79 Å². The molecule has 17 heavy (non-hydrogen) atoms. The summed E-state index contributed by atoms with van der Waals surface area (Å²) in [5, 5.41) is 0. The summed E-state index contributed by atoms with van der Waals surface area (Å²) >= 11 is 0. The molecule has 2 heteroatoms. The molecule has 0 N–H and O–H groups in total. The van der Waals surface area contributed by atoms with Crippen LogP contribution in [0.4, 0.5) is 0 Å². The summed E-state index contributed by atoms with van der Waals surface area (Å²) in [6.45, 7) is 12.3. The number of carbonyl (C=O) groups excluding carboxylic acids is 1. The molecule has 1 fully saturated rings. The van der Waals surface area contributed by atoms with Gasteiger partial charge in [0.05, 0.1) is 0 Å². The molecule has 1 heterocycles. The van der Waals surface area contributed by atoms with Crippen molar-refractivity contribution >= 4 is 5.91 Å². The van der Waals surface area contributed by atoms with E-state index < -0.39 is 0 Å². The Balaban J connectivity index is 0.00000121. The lowest BCUT2D eigenvalue weighted by Gasteiger charge is -2.35. The molecule has 0 radical (unpaired) electrons. The Morgan fingerprint density at radius 3 is 2.59 bits per heavy atom. The van der Waals surface area contributed by atoms with Crippen LogP contribution in [0.1, 0.15) is 52.4 Å². The molecule has 1 aliphatic heterocycles. The molecule has 0 spiro atoms. The molecular weight excluding hydrogens is 210 g/mol. The van der Waals surface area contributed by atoms with Gasteiger partial charge in [-0.25, -0.2) is 0 Å². The lowest BCUT2D eigenvalue weighted by atomic mass is 9.99. The van der Waals surface area contributed by atoms with E-state index in [1.165, 1.54) is 6.42 Å². The van der Waals surface area contributed by atoms with Crippen LogP contribution in [0.2, 0.25) is 0 Å². The first-order valence-corrected chi connectivity index (χ1v) is 6.81. The minimum Gasteiger partial charge on any atom is -0.339 e. The summed E-state index contributed by atoms with van der Waals surface area (Å²) in [6.07, 6.45) is 9.57. The molecule has 0 aromatic rings. The van der Waals surface area contributed by atoms with Crippen LogP contribution in [-0.4, -0.2) is 23.4 Å². The molecule has 0 bridgehead atoms. The van der Waals surface area contributed by atoms with Crippen LogP contribution < -0.4 is 0 Å². The summed E-state index contributed by atoms with van der Waals surface area (Å²) in [5.41, 5.74) is 0. The van der Waals surface area contributed by atoms with Gasteiger partial charge in [0.2, 0.25) is 5.91 Å². The van der Waals surface area contributed by atoms with E-state index in [0.29, 0.717) is 12.5 Å². The second kappa shape index (κ2) is 10.1. The molecule has 1 aliphatic rings. The zero-order valence-corrected chi connectivity index (χ0v) is 11.5. The van der Waals surface area contributed by atoms with E-state index in [2.05, 4.69) is 13.2 Å². The molecule has 0 aromatic carbocycles. The summed E-state index contributed by atoms with van der Waals surface area (Å²) in [4.78, 5) is 13.9. The van der Waals surface area contributed by atoms with E-state index in [4.69, 9.17) is 0 Å². The minimum absolute atomic E-state index is 0.279. The van der Waals surface area contributed by atoms with Gasteiger partial charge in [-0.15, -0.1) is 13.2 Å². The quantitative estimate of drug-likeness (QED) is 0.663. The van der Waals surface area contributed by atoms with E-state index in [1.807, 2.05) is 30.9 Å². The molecular formula is C15H27NO. The molecule has 0 saturated carbocycles. The Hall–Kier alpha value is -1.05. The van der Waals surface area contributed by atoms with Crippen LogP contribution in [0.15, 0.2) is 25.3 Å². The number of allylic oxidation sites excluding steroid dienone is 1. The number of rotatable bonds is 5. The molecule has 1 unspecified atom stereocenters. The van der Waals surface area contributed by atoms with Crippen molar-refractivity contribution in [2.24, 2.45) is 0 Å². The Kier molecular flexibility index (Phi) is 9.50. The maximum atomic E-state index is 11.9. The highest BCUT2D eigenvalue weighted by atomic mass is 16.2. The summed E-state index contributed by atoms with van der Waals surface area (Å²) in [6, 6.07) is 0.397. The number of piperidine rings is 1. The highest BCUT2D eigenvalue weighted by molar-refractivity contribution is 5.76. The maximum absolute atomic E-state index is 11.9. The second-order valence-electron chi connectivity index (χ2n) is 4.09. The van der Waals surface area contributed by atoms with Crippen molar-refractivity contribution in [2.45, 2.75) is 58.4 Å². The fraction of sp³-hybridized carbons (Fsp3) is 0.667. The van der Waals surface area contributed by atoms with Crippen molar-refractivity contribution in [3.05, 3.63) is 25.3 Å². The first-order valence-electron chi connectivity index (χ1n) is 6.81. The standard InChI is InChI=1S/C13H21NO.C2H6/c1-3-5-10-13(15)14-11-7-6-9-12(14)8-4-2;1-2/h3-4,12H,1-2,5-11H2;1-2H3. The van der Waals surface area contributed by atoms with Gasteiger partial charge in [0.1, 0.15) is 0 Å². The second-order valence-corrected chi connectivity index (χ2v) is 4.09. The molecule has 1 saturated heterocycles. The first kappa shape index (κ1) is 16.0. The third kappa shape index (κ3) is 5.71. The van der Waals surface area contributed by atoms with Crippen LogP contribution in [0.25, 0.3) is 0 Å². The van der Waals surface area contributed by atoms with Gasteiger partial charge in [-0.2, -0.15) is 0 Å². The van der Waals surface area contributed by atoms with Gasteiger partial charge in [0.25, 0.3) is 0 Å². The Bertz CT molecular complexity index is 235. The Morgan fingerprint density at radius 2 is 2.00 bits per heavy atom. The number of likely N-dealkylation sites (tertiary alicyclic amines) is 1. The summed E-state index contributed by atoms with van der Waals surface area (Å²) in [7, 11) is 0. The number of nitrogens with zero attached hydrogens (tertiary/aromatic N) is 1. The number of carbonyl (C=O) groups is 1. The van der Waals surface area contributed by atoms with Gasteiger partial charge >= 0.3 is 0 Å². The van der Waals surface area contributed by atoms with Crippen molar-refractivity contribution in [3.8, 4) is 0 Å². The molecule has 1 amide bonds. The third-order valence-electron chi connectivity index (χ3n) is 2.95. The zero-order valence-electron chi connectivity index (χ0n) is 11.5. The van der Waals surface area contributed by atoms with E-state index in [9.17, 15) is 4.79 Å². The smallest absolute Gasteiger partial charge is 0.223 e. The van der Waals surface area contributed by atoms with Crippen LogP contribution in [0.5, 0.6) is 0 Å². The normalized spacial score (nSPS) is 18.9. The van der Waals surface area contributed by atoms with Crippen molar-refractivity contribution in [3.63, 3.8) is 0 Å². The minimum atomic E-state index is 0.279. The number of hydrogen-bond acceptors (Lipinski definition) is 1. The predicted octanol–water partition coefficient (Wildman–Crippen LogP) is 3.94. The largest absolute Gasteiger partial charge is 0.339 e. The molecule has 1 rings (SSSR count). The van der Waals surface area contributed by atoms with Gasteiger partial charge in [0.15, 0.2) is 0 Å². The summed E-state index contributed by atoms with van der Waals surface area (Å²) < 4.78 is 0. The maximum Gasteiger partial charge on any atom is 0.223 e. The van der Waals surface area contributed by atoms with Crippen molar-refractivity contribution in [1.82, 2.24) is 4.90 Å². The average Bonchev–Trinajstić information content (AvgIpc) is 2.39. The molecule has 0 aliphatic carbocycles. The van der Waals surface area contributed by atoms with E-state index in [0.717, 1.165) is 32.2 Å². The Morgan fingerprint density at radius 1 is 1.29 bits per heavy atom. The van der Waals surface area contributed by atoms with Crippen molar-refractivity contribution < 1.29 is 4.79 Å². The fourth-order valence-corrected chi connectivity index (χ4v) is 2.14. The Labute approximate surface area is 106 Å². The topological polar surface area (TPSA) is 20.3 Å². The van der Waals surface area contributed by atoms with E-state index >= 15 is 0 Å². The number of amides is 1. The van der Waals surface area contributed by atoms with Gasteiger partial charge < -0.3 is 4.90 Å². The highest BCUT2D eigenvalue weighted by Gasteiger charge is 2.24. The number of hydrogen-bond donors (Lipinski definition) is 0. The van der Waals surface area contributed by atoms with E-state index in [-0.39, 0.29) is 5.91 Å². The molecule has 98 valence electrons. The molecule has 1 atom stereocenters. The van der Waals surface area contributed by atoms with Gasteiger partial charge in [-0.1, -0.05) is 26.0 Å².